The first-order chi connectivity index (χ1) is 7.84. The molecule has 0 saturated heterocycles. The standard InChI is InChI=1S/C14H10OS/c15-14-11(9-12-5-3-7-16-12)8-10-4-1-2-6-13(10)14/h1-7,9H,8H2. The van der Waals surface area contributed by atoms with Crippen LogP contribution in [0, 0.1) is 0 Å². The number of benzene rings is 1. The average Bonchev–Trinajstić information content (AvgIpc) is 2.90. The number of Topliss-reactive ketones (excluding diaryl/α,β-unsaturated/α-hetero) is 1. The van der Waals surface area contributed by atoms with E-state index >= 15 is 0 Å². The summed E-state index contributed by atoms with van der Waals surface area (Å²) in [6.07, 6.45) is 2.78. The quantitative estimate of drug-likeness (QED) is 0.679. The van der Waals surface area contributed by atoms with E-state index in [0.29, 0.717) is 0 Å². The molecule has 0 bridgehead atoms. The number of allylic oxidation sites excluding steroid dienone is 1. The molecule has 0 saturated carbocycles. The third-order valence-electron chi connectivity index (χ3n) is 2.79. The minimum Gasteiger partial charge on any atom is -0.289 e. The molecule has 1 aliphatic rings. The predicted octanol–water partition coefficient (Wildman–Crippen LogP) is 3.57. The summed E-state index contributed by atoms with van der Waals surface area (Å²) in [6, 6.07) is 11.9. The monoisotopic (exact) mass is 226 g/mol. The topological polar surface area (TPSA) is 17.1 Å². The van der Waals surface area contributed by atoms with E-state index < -0.39 is 0 Å². The maximum Gasteiger partial charge on any atom is 0.189 e. The average molecular weight is 226 g/mol. The van der Waals surface area contributed by atoms with Gasteiger partial charge in [-0.25, -0.2) is 0 Å². The van der Waals surface area contributed by atoms with Gasteiger partial charge in [-0.15, -0.1) is 11.3 Å². The van der Waals surface area contributed by atoms with Crippen LogP contribution in [0.3, 0.4) is 0 Å². The third kappa shape index (κ3) is 1.51. The van der Waals surface area contributed by atoms with Crippen molar-refractivity contribution in [2.45, 2.75) is 6.42 Å². The van der Waals surface area contributed by atoms with Crippen molar-refractivity contribution < 1.29 is 4.79 Å². The van der Waals surface area contributed by atoms with Gasteiger partial charge in [-0.05, 0) is 23.1 Å². The van der Waals surface area contributed by atoms with Gasteiger partial charge < -0.3 is 0 Å². The maximum absolute atomic E-state index is 12.1. The van der Waals surface area contributed by atoms with Crippen molar-refractivity contribution in [3.63, 3.8) is 0 Å². The van der Waals surface area contributed by atoms with Gasteiger partial charge in [0.2, 0.25) is 0 Å². The summed E-state index contributed by atoms with van der Waals surface area (Å²) in [5, 5.41) is 2.03. The van der Waals surface area contributed by atoms with E-state index in [1.165, 1.54) is 0 Å². The number of rotatable bonds is 1. The Kier molecular flexibility index (Phi) is 2.22. The number of fused-ring (bicyclic) bond motifs is 1. The number of hydrogen-bond acceptors (Lipinski definition) is 2. The number of ketones is 1. The number of thiophene rings is 1. The highest BCUT2D eigenvalue weighted by atomic mass is 32.1. The molecule has 0 amide bonds. The van der Waals surface area contributed by atoms with Crippen LogP contribution in [0.4, 0.5) is 0 Å². The Labute approximate surface area is 98.1 Å². The van der Waals surface area contributed by atoms with Crippen LogP contribution in [0.25, 0.3) is 6.08 Å². The molecule has 78 valence electrons. The largest absolute Gasteiger partial charge is 0.289 e. The molecule has 0 aliphatic heterocycles. The number of hydrogen-bond donors (Lipinski definition) is 0. The predicted molar refractivity (Wildman–Crippen MR) is 66.8 cm³/mol. The van der Waals surface area contributed by atoms with E-state index in [0.717, 1.165) is 28.0 Å². The summed E-state index contributed by atoms with van der Waals surface area (Å²) < 4.78 is 0. The first-order valence-corrected chi connectivity index (χ1v) is 6.09. The zero-order valence-electron chi connectivity index (χ0n) is 8.64. The van der Waals surface area contributed by atoms with Gasteiger partial charge in [0.15, 0.2) is 5.78 Å². The first kappa shape index (κ1) is 9.55. The number of carbonyl (C=O) groups is 1. The maximum atomic E-state index is 12.1. The summed E-state index contributed by atoms with van der Waals surface area (Å²) >= 11 is 1.66. The molecular formula is C14H10OS. The van der Waals surface area contributed by atoms with Crippen molar-refractivity contribution >= 4 is 23.2 Å². The van der Waals surface area contributed by atoms with Gasteiger partial charge in [-0.1, -0.05) is 30.3 Å². The zero-order valence-corrected chi connectivity index (χ0v) is 9.46. The van der Waals surface area contributed by atoms with Gasteiger partial charge in [0.1, 0.15) is 0 Å². The molecule has 0 radical (unpaired) electrons. The lowest BCUT2D eigenvalue weighted by Crippen LogP contribution is -1.94. The van der Waals surface area contributed by atoms with Gasteiger partial charge in [0, 0.05) is 22.4 Å². The smallest absolute Gasteiger partial charge is 0.189 e. The molecule has 0 spiro atoms. The highest BCUT2D eigenvalue weighted by Crippen LogP contribution is 2.28. The van der Waals surface area contributed by atoms with Crippen LogP contribution in [-0.4, -0.2) is 5.78 Å². The molecule has 0 unspecified atom stereocenters. The molecule has 1 aromatic carbocycles. The highest BCUT2D eigenvalue weighted by molar-refractivity contribution is 7.10. The van der Waals surface area contributed by atoms with Gasteiger partial charge >= 0.3 is 0 Å². The Morgan fingerprint density at radius 1 is 1.12 bits per heavy atom. The second-order valence-corrected chi connectivity index (χ2v) is 4.83. The molecule has 0 atom stereocenters. The minimum atomic E-state index is 0.184. The molecule has 0 fully saturated rings. The molecule has 1 nitrogen and oxygen atoms in total. The van der Waals surface area contributed by atoms with Gasteiger partial charge in [0.25, 0.3) is 0 Å². The highest BCUT2D eigenvalue weighted by Gasteiger charge is 2.23. The summed E-state index contributed by atoms with van der Waals surface area (Å²) in [4.78, 5) is 13.2. The fraction of sp³-hybridized carbons (Fsp3) is 0.0714. The van der Waals surface area contributed by atoms with Crippen LogP contribution >= 0.6 is 11.3 Å². The Hall–Kier alpha value is -1.67. The lowest BCUT2D eigenvalue weighted by atomic mass is 10.1. The molecule has 0 N–H and O–H groups in total. The lowest BCUT2D eigenvalue weighted by molar-refractivity contribution is 0.104. The van der Waals surface area contributed by atoms with E-state index in [1.807, 2.05) is 47.9 Å². The molecule has 2 aromatic rings. The lowest BCUT2D eigenvalue weighted by Gasteiger charge is -1.92. The van der Waals surface area contributed by atoms with Gasteiger partial charge in [-0.3, -0.25) is 4.79 Å². The fourth-order valence-corrected chi connectivity index (χ4v) is 2.70. The minimum absolute atomic E-state index is 0.184. The Morgan fingerprint density at radius 2 is 2.00 bits per heavy atom. The molecule has 3 rings (SSSR count). The zero-order chi connectivity index (χ0) is 11.0. The second-order valence-electron chi connectivity index (χ2n) is 3.85. The summed E-state index contributed by atoms with van der Waals surface area (Å²) in [5.41, 5.74) is 2.92. The van der Waals surface area contributed by atoms with Crippen LogP contribution < -0.4 is 0 Å². The Bertz CT molecular complexity index is 564. The van der Waals surface area contributed by atoms with Gasteiger partial charge in [0.05, 0.1) is 0 Å². The molecule has 16 heavy (non-hydrogen) atoms. The van der Waals surface area contributed by atoms with Crippen LogP contribution in [-0.2, 0) is 6.42 Å². The Balaban J connectivity index is 2.02. The summed E-state index contributed by atoms with van der Waals surface area (Å²) in [7, 11) is 0. The first-order valence-electron chi connectivity index (χ1n) is 5.21. The third-order valence-corrected chi connectivity index (χ3v) is 3.61. The molecule has 2 heteroatoms. The van der Waals surface area contributed by atoms with E-state index in [2.05, 4.69) is 0 Å². The van der Waals surface area contributed by atoms with E-state index in [-0.39, 0.29) is 5.78 Å². The van der Waals surface area contributed by atoms with E-state index in [4.69, 9.17) is 0 Å². The van der Waals surface area contributed by atoms with E-state index in [1.54, 1.807) is 11.3 Å². The van der Waals surface area contributed by atoms with Crippen molar-refractivity contribution in [2.24, 2.45) is 0 Å². The second kappa shape index (κ2) is 3.72. The van der Waals surface area contributed by atoms with Crippen molar-refractivity contribution in [3.05, 3.63) is 63.4 Å². The van der Waals surface area contributed by atoms with E-state index in [9.17, 15) is 4.79 Å². The van der Waals surface area contributed by atoms with Crippen LogP contribution in [0.5, 0.6) is 0 Å². The van der Waals surface area contributed by atoms with Crippen molar-refractivity contribution in [2.75, 3.05) is 0 Å². The normalized spacial score (nSPS) is 16.8. The van der Waals surface area contributed by atoms with Crippen LogP contribution in [0.2, 0.25) is 0 Å². The summed E-state index contributed by atoms with van der Waals surface area (Å²) in [5.74, 6) is 0.184. The van der Waals surface area contributed by atoms with Gasteiger partial charge in [-0.2, -0.15) is 0 Å². The molecule has 1 heterocycles. The van der Waals surface area contributed by atoms with Crippen LogP contribution in [0.15, 0.2) is 47.4 Å². The van der Waals surface area contributed by atoms with Crippen LogP contribution in [0.1, 0.15) is 20.8 Å². The molecule has 1 aliphatic carbocycles. The van der Waals surface area contributed by atoms with Crippen molar-refractivity contribution in [3.8, 4) is 0 Å². The van der Waals surface area contributed by atoms with Crippen molar-refractivity contribution in [1.82, 2.24) is 0 Å². The number of carbonyl (C=O) groups excluding carboxylic acids is 1. The SMILES string of the molecule is O=C1C(=Cc2cccs2)Cc2ccccc21. The van der Waals surface area contributed by atoms with Crippen molar-refractivity contribution in [1.29, 1.82) is 0 Å². The molecular weight excluding hydrogens is 216 g/mol. The Morgan fingerprint density at radius 3 is 2.75 bits per heavy atom. The fourth-order valence-electron chi connectivity index (χ4n) is 2.02. The summed E-state index contributed by atoms with van der Waals surface area (Å²) in [6.45, 7) is 0. The molecule has 1 aromatic heterocycles.